The molecule has 1 aliphatic heterocycles. The molecule has 0 saturated carbocycles. The zero-order valence-electron chi connectivity index (χ0n) is 11.1. The van der Waals surface area contributed by atoms with Gasteiger partial charge in [0.2, 0.25) is 0 Å². The largest absolute Gasteiger partial charge is 1.00 e. The number of benzene rings is 1. The lowest BCUT2D eigenvalue weighted by atomic mass is 10.2. The van der Waals surface area contributed by atoms with Crippen molar-refractivity contribution in [3.63, 3.8) is 0 Å². The molecule has 18 heavy (non-hydrogen) atoms. The molecular formula is C13H20ClNO3. The van der Waals surface area contributed by atoms with E-state index in [1.54, 1.807) is 14.2 Å². The molecule has 0 unspecified atom stereocenters. The van der Waals surface area contributed by atoms with E-state index in [0.717, 1.165) is 42.3 Å². The molecule has 0 amide bonds. The van der Waals surface area contributed by atoms with Crippen LogP contribution in [-0.2, 0) is 4.74 Å². The summed E-state index contributed by atoms with van der Waals surface area (Å²) in [5.74, 6) is 1.68. The number of quaternary nitrogens is 1. The van der Waals surface area contributed by atoms with E-state index in [-0.39, 0.29) is 12.4 Å². The molecule has 1 saturated heterocycles. The smallest absolute Gasteiger partial charge is 0.140 e. The number of hydrogen-bond donors (Lipinski definition) is 0. The van der Waals surface area contributed by atoms with Crippen LogP contribution in [0, 0.1) is 0 Å². The highest BCUT2D eigenvalue weighted by Gasteiger charge is 2.29. The number of nitrogens with zero attached hydrogens (tertiary/aromatic N) is 1. The number of hydrogen-bond acceptors (Lipinski definition) is 3. The first-order valence-electron chi connectivity index (χ1n) is 5.84. The third-order valence-electron chi connectivity index (χ3n) is 3.42. The van der Waals surface area contributed by atoms with Crippen molar-refractivity contribution in [2.45, 2.75) is 0 Å². The quantitative estimate of drug-likeness (QED) is 0.639. The Balaban J connectivity index is 0.00000162. The molecule has 0 atom stereocenters. The van der Waals surface area contributed by atoms with E-state index < -0.39 is 0 Å². The number of methoxy groups -OCH3 is 2. The fraction of sp³-hybridized carbons (Fsp3) is 0.538. The minimum atomic E-state index is 0. The number of rotatable bonds is 3. The number of likely N-dealkylation sites (N-methyl/N-ethyl adjacent to an activating group) is 1. The summed E-state index contributed by atoms with van der Waals surface area (Å²) in [7, 11) is 5.58. The monoisotopic (exact) mass is 273 g/mol. The van der Waals surface area contributed by atoms with Gasteiger partial charge in [-0.25, -0.2) is 0 Å². The van der Waals surface area contributed by atoms with Crippen LogP contribution in [0.4, 0.5) is 5.69 Å². The summed E-state index contributed by atoms with van der Waals surface area (Å²) >= 11 is 0. The van der Waals surface area contributed by atoms with Crippen LogP contribution < -0.4 is 26.4 Å². The van der Waals surface area contributed by atoms with Gasteiger partial charge in [0.1, 0.15) is 30.3 Å². The molecule has 4 nitrogen and oxygen atoms in total. The molecule has 0 radical (unpaired) electrons. The van der Waals surface area contributed by atoms with Crippen molar-refractivity contribution >= 4 is 5.69 Å². The highest BCUT2D eigenvalue weighted by atomic mass is 35.5. The second kappa shape index (κ2) is 6.27. The first-order chi connectivity index (χ1) is 8.18. The lowest BCUT2D eigenvalue weighted by Gasteiger charge is -2.37. The van der Waals surface area contributed by atoms with E-state index in [9.17, 15) is 0 Å². The van der Waals surface area contributed by atoms with Crippen LogP contribution in [-0.4, -0.2) is 47.6 Å². The highest BCUT2D eigenvalue weighted by Crippen LogP contribution is 2.32. The summed E-state index contributed by atoms with van der Waals surface area (Å²) in [6, 6.07) is 6.05. The molecule has 0 aliphatic carbocycles. The van der Waals surface area contributed by atoms with Crippen molar-refractivity contribution in [2.75, 3.05) is 47.6 Å². The van der Waals surface area contributed by atoms with Gasteiger partial charge < -0.3 is 26.6 Å². The normalized spacial score (nSPS) is 17.7. The zero-order chi connectivity index (χ0) is 12.3. The minimum absolute atomic E-state index is 0. The van der Waals surface area contributed by atoms with Crippen LogP contribution in [0.3, 0.4) is 0 Å². The summed E-state index contributed by atoms with van der Waals surface area (Å²) in [5, 5.41) is 0. The standard InChI is InChI=1S/C13H20NO3.ClH/c1-14(4-6-17-7-5-14)11-8-12(15-2)10-13(9-11)16-3;/h8-10H,4-7H2,1-3H3;1H/q+1;/p-1. The molecule has 0 bridgehead atoms. The number of ether oxygens (including phenoxy) is 3. The molecule has 1 aromatic rings. The van der Waals surface area contributed by atoms with Crippen molar-refractivity contribution in [3.8, 4) is 11.5 Å². The van der Waals surface area contributed by atoms with Crippen LogP contribution in [0.15, 0.2) is 18.2 Å². The summed E-state index contributed by atoms with van der Waals surface area (Å²) in [6.45, 7) is 3.57. The van der Waals surface area contributed by atoms with E-state index in [2.05, 4.69) is 19.2 Å². The maximum Gasteiger partial charge on any atom is 0.140 e. The maximum absolute atomic E-state index is 5.42. The van der Waals surface area contributed by atoms with E-state index in [1.807, 2.05) is 6.07 Å². The first-order valence-corrected chi connectivity index (χ1v) is 5.84. The van der Waals surface area contributed by atoms with Gasteiger partial charge in [0.05, 0.1) is 34.5 Å². The molecule has 1 aliphatic rings. The van der Waals surface area contributed by atoms with Gasteiger partial charge in [-0.2, -0.15) is 0 Å². The lowest BCUT2D eigenvalue weighted by Crippen LogP contribution is -3.00. The Hall–Kier alpha value is -0.970. The Morgan fingerprint density at radius 3 is 1.94 bits per heavy atom. The molecule has 0 aromatic heterocycles. The predicted octanol–water partition coefficient (Wildman–Crippen LogP) is -1.32. The SMILES string of the molecule is COc1cc(OC)cc([N+]2(C)CCOCC2)c1.[Cl-]. The van der Waals surface area contributed by atoms with Gasteiger partial charge in [0.25, 0.3) is 0 Å². The Kier molecular flexibility index (Phi) is 5.26. The molecule has 1 fully saturated rings. The van der Waals surface area contributed by atoms with Gasteiger partial charge in [-0.05, 0) is 0 Å². The Bertz CT molecular complexity index is 370. The second-order valence-electron chi connectivity index (χ2n) is 4.53. The average Bonchev–Trinajstić information content (AvgIpc) is 2.39. The van der Waals surface area contributed by atoms with Crippen LogP contribution >= 0.6 is 0 Å². The third kappa shape index (κ3) is 3.07. The summed E-state index contributed by atoms with van der Waals surface area (Å²) in [5.41, 5.74) is 1.21. The molecule has 0 N–H and O–H groups in total. The molecule has 2 rings (SSSR count). The summed E-state index contributed by atoms with van der Waals surface area (Å²) < 4.78 is 16.9. The minimum Gasteiger partial charge on any atom is -1.00 e. The van der Waals surface area contributed by atoms with Crippen molar-refractivity contribution in [1.29, 1.82) is 0 Å². The van der Waals surface area contributed by atoms with E-state index in [0.29, 0.717) is 0 Å². The third-order valence-corrected chi connectivity index (χ3v) is 3.42. The fourth-order valence-electron chi connectivity index (χ4n) is 2.11. The molecule has 0 spiro atoms. The van der Waals surface area contributed by atoms with Crippen molar-refractivity contribution in [2.24, 2.45) is 0 Å². The second-order valence-corrected chi connectivity index (χ2v) is 4.53. The average molecular weight is 274 g/mol. The van der Waals surface area contributed by atoms with Gasteiger partial charge >= 0.3 is 0 Å². The van der Waals surface area contributed by atoms with E-state index >= 15 is 0 Å². The molecule has 102 valence electrons. The first kappa shape index (κ1) is 15.1. The van der Waals surface area contributed by atoms with Crippen molar-refractivity contribution in [1.82, 2.24) is 4.48 Å². The Morgan fingerprint density at radius 1 is 1.00 bits per heavy atom. The maximum atomic E-state index is 5.42. The van der Waals surface area contributed by atoms with E-state index in [4.69, 9.17) is 14.2 Å². The lowest BCUT2D eigenvalue weighted by molar-refractivity contribution is -0.00000622. The van der Waals surface area contributed by atoms with Gasteiger partial charge in [-0.15, -0.1) is 0 Å². The van der Waals surface area contributed by atoms with Crippen LogP contribution in [0.2, 0.25) is 0 Å². The molecular weight excluding hydrogens is 254 g/mol. The fourth-order valence-corrected chi connectivity index (χ4v) is 2.11. The highest BCUT2D eigenvalue weighted by molar-refractivity contribution is 5.53. The Morgan fingerprint density at radius 2 is 1.50 bits per heavy atom. The van der Waals surface area contributed by atoms with Crippen molar-refractivity contribution < 1.29 is 26.6 Å². The van der Waals surface area contributed by atoms with Crippen LogP contribution in [0.1, 0.15) is 0 Å². The molecule has 5 heteroatoms. The van der Waals surface area contributed by atoms with Crippen LogP contribution in [0.5, 0.6) is 11.5 Å². The predicted molar refractivity (Wildman–Crippen MR) is 67.8 cm³/mol. The zero-order valence-corrected chi connectivity index (χ0v) is 11.9. The number of halogens is 1. The molecule has 1 heterocycles. The number of morpholine rings is 1. The summed E-state index contributed by atoms with van der Waals surface area (Å²) in [4.78, 5) is 0. The van der Waals surface area contributed by atoms with Crippen molar-refractivity contribution in [3.05, 3.63) is 18.2 Å². The van der Waals surface area contributed by atoms with E-state index in [1.165, 1.54) is 5.69 Å². The topological polar surface area (TPSA) is 27.7 Å². The summed E-state index contributed by atoms with van der Waals surface area (Å²) in [6.07, 6.45) is 0. The van der Waals surface area contributed by atoms with Gasteiger partial charge in [0, 0.05) is 18.2 Å². The van der Waals surface area contributed by atoms with Crippen LogP contribution in [0.25, 0.3) is 0 Å². The Labute approximate surface area is 114 Å². The molecule has 1 aromatic carbocycles. The van der Waals surface area contributed by atoms with Gasteiger partial charge in [-0.1, -0.05) is 0 Å². The van der Waals surface area contributed by atoms with Gasteiger partial charge in [0.15, 0.2) is 0 Å². The van der Waals surface area contributed by atoms with Gasteiger partial charge in [-0.3, -0.25) is 4.48 Å².